The summed E-state index contributed by atoms with van der Waals surface area (Å²) in [5.74, 6) is 0.684. The summed E-state index contributed by atoms with van der Waals surface area (Å²) in [4.78, 5) is 18.4. The van der Waals surface area contributed by atoms with Gasteiger partial charge < -0.3 is 10.6 Å². The Bertz CT molecular complexity index is 1560. The fraction of sp³-hybridized carbons (Fsp3) is 0.233. The molecule has 0 spiro atoms. The van der Waals surface area contributed by atoms with Crippen molar-refractivity contribution in [3.8, 4) is 0 Å². The van der Waals surface area contributed by atoms with Crippen LogP contribution in [0, 0.1) is 33.5 Å². The van der Waals surface area contributed by atoms with Crippen LogP contribution in [0.15, 0.2) is 77.1 Å². The van der Waals surface area contributed by atoms with E-state index in [1.165, 1.54) is 28.8 Å². The number of hydrogen-bond donors (Lipinski definition) is 2. The minimum absolute atomic E-state index is 0.248. The molecule has 1 atom stereocenters. The van der Waals surface area contributed by atoms with Gasteiger partial charge in [-0.1, -0.05) is 65.4 Å². The molecule has 0 radical (unpaired) electrons. The Morgan fingerprint density at radius 3 is 2.42 bits per heavy atom. The predicted octanol–water partition coefficient (Wildman–Crippen LogP) is 6.87. The second kappa shape index (κ2) is 10.5. The molecule has 0 unspecified atom stereocenters. The molecular formula is C30H30FN5OS. The molecule has 0 fully saturated rings. The van der Waals surface area contributed by atoms with Gasteiger partial charge in [0.15, 0.2) is 0 Å². The van der Waals surface area contributed by atoms with Gasteiger partial charge in [0.25, 0.3) is 5.91 Å². The van der Waals surface area contributed by atoms with Gasteiger partial charge in [0.1, 0.15) is 11.9 Å². The van der Waals surface area contributed by atoms with Crippen molar-refractivity contribution in [2.75, 3.05) is 10.6 Å². The highest BCUT2D eigenvalue weighted by atomic mass is 32.2. The predicted molar refractivity (Wildman–Crippen MR) is 151 cm³/mol. The number of halogens is 1. The van der Waals surface area contributed by atoms with Crippen LogP contribution in [-0.2, 0) is 10.5 Å². The molecule has 1 aliphatic heterocycles. The molecule has 0 saturated carbocycles. The number of carbonyl (C=O) groups is 1. The molecule has 0 saturated heterocycles. The number of thioether (sulfide) groups is 1. The molecule has 5 rings (SSSR count). The number of nitrogens with zero attached hydrogens (tertiary/aromatic N) is 3. The van der Waals surface area contributed by atoms with Crippen molar-refractivity contribution in [1.29, 1.82) is 0 Å². The van der Waals surface area contributed by atoms with Gasteiger partial charge >= 0.3 is 0 Å². The number of fused-ring (bicyclic) bond motifs is 1. The number of aromatic nitrogens is 3. The minimum Gasteiger partial charge on any atom is -0.328 e. The smallest absolute Gasteiger partial charge is 0.255 e. The molecule has 3 aromatic carbocycles. The van der Waals surface area contributed by atoms with E-state index in [4.69, 9.17) is 10.1 Å². The highest BCUT2D eigenvalue weighted by molar-refractivity contribution is 7.98. The molecule has 1 aromatic heterocycles. The largest absolute Gasteiger partial charge is 0.328 e. The summed E-state index contributed by atoms with van der Waals surface area (Å²) in [6, 6.07) is 17.9. The number of anilines is 2. The first-order chi connectivity index (χ1) is 18.2. The summed E-state index contributed by atoms with van der Waals surface area (Å²) in [5, 5.41) is 11.7. The summed E-state index contributed by atoms with van der Waals surface area (Å²) < 4.78 is 15.6. The van der Waals surface area contributed by atoms with Crippen LogP contribution in [0.5, 0.6) is 0 Å². The molecular weight excluding hydrogens is 497 g/mol. The normalized spacial score (nSPS) is 14.7. The van der Waals surface area contributed by atoms with Crippen molar-refractivity contribution in [3.05, 3.63) is 111 Å². The van der Waals surface area contributed by atoms with Gasteiger partial charge in [-0.05, 0) is 75.1 Å². The summed E-state index contributed by atoms with van der Waals surface area (Å²) in [6.07, 6.45) is 0. The molecule has 38 heavy (non-hydrogen) atoms. The zero-order valence-corrected chi connectivity index (χ0v) is 22.9. The fourth-order valence-electron chi connectivity index (χ4n) is 4.68. The van der Waals surface area contributed by atoms with E-state index in [9.17, 15) is 9.18 Å². The lowest BCUT2D eigenvalue weighted by Crippen LogP contribution is -2.31. The first-order valence-electron chi connectivity index (χ1n) is 12.5. The van der Waals surface area contributed by atoms with E-state index in [-0.39, 0.29) is 11.7 Å². The molecule has 6 nitrogen and oxygen atoms in total. The Morgan fingerprint density at radius 1 is 0.974 bits per heavy atom. The van der Waals surface area contributed by atoms with Crippen molar-refractivity contribution in [1.82, 2.24) is 14.8 Å². The second-order valence-electron chi connectivity index (χ2n) is 9.77. The Morgan fingerprint density at radius 2 is 1.68 bits per heavy atom. The maximum absolute atomic E-state index is 13.8. The van der Waals surface area contributed by atoms with E-state index in [1.807, 2.05) is 39.0 Å². The first kappa shape index (κ1) is 25.7. The Labute approximate surface area is 226 Å². The van der Waals surface area contributed by atoms with E-state index in [1.54, 1.807) is 28.6 Å². The number of nitrogens with one attached hydrogen (secondary N) is 2. The number of aryl methyl sites for hydroxylation is 4. The maximum atomic E-state index is 13.8. The van der Waals surface area contributed by atoms with Gasteiger partial charge in [0.05, 0.1) is 5.57 Å². The average molecular weight is 528 g/mol. The summed E-state index contributed by atoms with van der Waals surface area (Å²) in [7, 11) is 0. The molecule has 2 heterocycles. The van der Waals surface area contributed by atoms with Crippen LogP contribution >= 0.6 is 11.8 Å². The summed E-state index contributed by atoms with van der Waals surface area (Å²) in [5.41, 5.74) is 8.42. The third-order valence-electron chi connectivity index (χ3n) is 6.76. The van der Waals surface area contributed by atoms with Gasteiger partial charge in [-0.2, -0.15) is 4.98 Å². The Balaban J connectivity index is 1.49. The van der Waals surface area contributed by atoms with Gasteiger partial charge in [0, 0.05) is 17.1 Å². The average Bonchev–Trinajstić information content (AvgIpc) is 3.28. The highest BCUT2D eigenvalue weighted by Crippen LogP contribution is 2.37. The van der Waals surface area contributed by atoms with Crippen LogP contribution in [0.4, 0.5) is 16.0 Å². The van der Waals surface area contributed by atoms with Crippen LogP contribution in [0.2, 0.25) is 0 Å². The van der Waals surface area contributed by atoms with Crippen molar-refractivity contribution in [2.45, 2.75) is 51.6 Å². The van der Waals surface area contributed by atoms with Crippen molar-refractivity contribution in [2.24, 2.45) is 0 Å². The molecule has 8 heteroatoms. The van der Waals surface area contributed by atoms with Gasteiger partial charge in [-0.3, -0.25) is 4.79 Å². The zero-order chi connectivity index (χ0) is 27.0. The second-order valence-corrected chi connectivity index (χ2v) is 10.7. The molecule has 0 aliphatic carbocycles. The van der Waals surface area contributed by atoms with E-state index in [0.29, 0.717) is 22.4 Å². The van der Waals surface area contributed by atoms with E-state index in [0.717, 1.165) is 28.1 Å². The number of rotatable bonds is 6. The van der Waals surface area contributed by atoms with Crippen molar-refractivity contribution >= 4 is 29.3 Å². The molecule has 2 N–H and O–H groups in total. The lowest BCUT2D eigenvalue weighted by Gasteiger charge is -2.28. The standard InChI is InChI=1S/C30H30FN5OS/c1-17-7-13-25(20(4)14-17)33-28(37)26-21(5)32-29-34-30(38-16-23-15-18(2)6-8-19(23)3)35-36(29)27(26)22-9-11-24(31)12-10-22/h6-15,27H,16H2,1-5H3,(H,33,37)(H,32,34,35)/t27-/m1/s1. The topological polar surface area (TPSA) is 71.8 Å². The van der Waals surface area contributed by atoms with Crippen LogP contribution < -0.4 is 10.6 Å². The SMILES string of the molecule is CC1=C(C(=O)Nc2ccc(C)cc2C)[C@@H](c2ccc(F)cc2)n2nc(SCc3cc(C)ccc3C)nc2N1. The Kier molecular flexibility index (Phi) is 7.08. The van der Waals surface area contributed by atoms with Gasteiger partial charge in [-0.15, -0.1) is 5.10 Å². The molecule has 1 aliphatic rings. The minimum atomic E-state index is -0.569. The third kappa shape index (κ3) is 5.22. The molecule has 194 valence electrons. The van der Waals surface area contributed by atoms with Crippen LogP contribution in [-0.4, -0.2) is 20.7 Å². The number of allylic oxidation sites excluding steroid dienone is 1. The van der Waals surface area contributed by atoms with Crippen LogP contribution in [0.3, 0.4) is 0 Å². The van der Waals surface area contributed by atoms with Crippen molar-refractivity contribution < 1.29 is 9.18 Å². The van der Waals surface area contributed by atoms with Crippen LogP contribution in [0.25, 0.3) is 0 Å². The van der Waals surface area contributed by atoms with E-state index >= 15 is 0 Å². The monoisotopic (exact) mass is 527 g/mol. The number of benzene rings is 3. The lowest BCUT2D eigenvalue weighted by molar-refractivity contribution is -0.113. The number of amides is 1. The highest BCUT2D eigenvalue weighted by Gasteiger charge is 2.34. The van der Waals surface area contributed by atoms with E-state index < -0.39 is 6.04 Å². The maximum Gasteiger partial charge on any atom is 0.255 e. The summed E-state index contributed by atoms with van der Waals surface area (Å²) >= 11 is 1.54. The van der Waals surface area contributed by atoms with Gasteiger partial charge in [-0.25, -0.2) is 9.07 Å². The van der Waals surface area contributed by atoms with E-state index in [2.05, 4.69) is 42.7 Å². The quantitative estimate of drug-likeness (QED) is 0.268. The zero-order valence-electron chi connectivity index (χ0n) is 22.1. The lowest BCUT2D eigenvalue weighted by atomic mass is 9.95. The van der Waals surface area contributed by atoms with Crippen molar-refractivity contribution in [3.63, 3.8) is 0 Å². The number of hydrogen-bond acceptors (Lipinski definition) is 5. The summed E-state index contributed by atoms with van der Waals surface area (Å²) in [6.45, 7) is 10.0. The van der Waals surface area contributed by atoms with Crippen LogP contribution in [0.1, 0.15) is 46.3 Å². The Hall–Kier alpha value is -3.91. The molecule has 0 bridgehead atoms. The first-order valence-corrected chi connectivity index (χ1v) is 13.5. The number of carbonyl (C=O) groups excluding carboxylic acids is 1. The molecule has 1 amide bonds. The van der Waals surface area contributed by atoms with Gasteiger partial charge in [0.2, 0.25) is 11.1 Å². The molecule has 4 aromatic rings. The fourth-order valence-corrected chi connectivity index (χ4v) is 5.57. The third-order valence-corrected chi connectivity index (χ3v) is 7.64.